The molecule has 0 bridgehead atoms. The molecule has 0 amide bonds. The molecule has 12 heavy (non-hydrogen) atoms. The van der Waals surface area contributed by atoms with E-state index in [2.05, 4.69) is 0 Å². The lowest BCUT2D eigenvalue weighted by Gasteiger charge is -2.27. The predicted octanol–water partition coefficient (Wildman–Crippen LogP) is 1.66. The van der Waals surface area contributed by atoms with Gasteiger partial charge in [-0.2, -0.15) is 5.06 Å². The van der Waals surface area contributed by atoms with E-state index in [0.717, 1.165) is 25.9 Å². The molecule has 0 atom stereocenters. The average Bonchev–Trinajstić information content (AvgIpc) is 2.05. The van der Waals surface area contributed by atoms with Crippen LogP contribution in [0, 0.1) is 5.92 Å². The SMILES string of the molecule is C.CON1CCC(C(=O)Cl)CC1. The Morgan fingerprint density at radius 1 is 1.50 bits per heavy atom. The van der Waals surface area contributed by atoms with Gasteiger partial charge in [0.15, 0.2) is 0 Å². The van der Waals surface area contributed by atoms with Crippen LogP contribution in [0.3, 0.4) is 0 Å². The van der Waals surface area contributed by atoms with Crippen LogP contribution in [0.5, 0.6) is 0 Å². The summed E-state index contributed by atoms with van der Waals surface area (Å²) < 4.78 is 0. The Kier molecular flexibility index (Phi) is 5.46. The van der Waals surface area contributed by atoms with Crippen molar-refractivity contribution in [1.82, 2.24) is 5.06 Å². The van der Waals surface area contributed by atoms with Gasteiger partial charge in [0.2, 0.25) is 5.24 Å². The minimum absolute atomic E-state index is 0. The summed E-state index contributed by atoms with van der Waals surface area (Å²) in [6.45, 7) is 1.61. The summed E-state index contributed by atoms with van der Waals surface area (Å²) in [6, 6.07) is 0. The van der Waals surface area contributed by atoms with E-state index in [1.807, 2.05) is 5.06 Å². The molecule has 1 heterocycles. The van der Waals surface area contributed by atoms with Gasteiger partial charge in [0.05, 0.1) is 7.11 Å². The van der Waals surface area contributed by atoms with Gasteiger partial charge in [-0.3, -0.25) is 4.79 Å². The van der Waals surface area contributed by atoms with Crippen molar-refractivity contribution in [3.05, 3.63) is 0 Å². The standard InChI is InChI=1S/C7H12ClNO2.CH4/c1-11-9-4-2-6(3-5-9)7(8)10;/h6H,2-5H2,1H3;1H4. The Bertz CT molecular complexity index is 144. The first-order chi connectivity index (χ1) is 5.24. The van der Waals surface area contributed by atoms with Crippen molar-refractivity contribution in [1.29, 1.82) is 0 Å². The molecular formula is C8H16ClNO2. The highest BCUT2D eigenvalue weighted by molar-refractivity contribution is 6.63. The fourth-order valence-electron chi connectivity index (χ4n) is 1.27. The van der Waals surface area contributed by atoms with E-state index in [-0.39, 0.29) is 18.6 Å². The van der Waals surface area contributed by atoms with E-state index in [9.17, 15) is 4.79 Å². The molecule has 1 aliphatic rings. The Hall–Kier alpha value is -0.120. The van der Waals surface area contributed by atoms with Crippen molar-refractivity contribution >= 4 is 16.8 Å². The summed E-state index contributed by atoms with van der Waals surface area (Å²) in [5.41, 5.74) is 0. The van der Waals surface area contributed by atoms with Gasteiger partial charge in [-0.05, 0) is 24.4 Å². The van der Waals surface area contributed by atoms with Gasteiger partial charge in [-0.1, -0.05) is 7.43 Å². The second kappa shape index (κ2) is 5.51. The minimum Gasteiger partial charge on any atom is -0.302 e. The van der Waals surface area contributed by atoms with E-state index < -0.39 is 0 Å². The third-order valence-electron chi connectivity index (χ3n) is 2.03. The highest BCUT2D eigenvalue weighted by Gasteiger charge is 2.23. The van der Waals surface area contributed by atoms with Crippen LogP contribution in [0.2, 0.25) is 0 Å². The Morgan fingerprint density at radius 2 is 2.00 bits per heavy atom. The molecular weight excluding hydrogens is 178 g/mol. The fraction of sp³-hybridized carbons (Fsp3) is 0.875. The molecule has 0 aliphatic carbocycles. The molecule has 0 unspecified atom stereocenters. The molecule has 4 heteroatoms. The smallest absolute Gasteiger partial charge is 0.224 e. The third-order valence-corrected chi connectivity index (χ3v) is 2.34. The monoisotopic (exact) mass is 193 g/mol. The number of carbonyl (C=O) groups excluding carboxylic acids is 1. The predicted molar refractivity (Wildman–Crippen MR) is 48.9 cm³/mol. The van der Waals surface area contributed by atoms with Crippen molar-refractivity contribution in [2.24, 2.45) is 5.92 Å². The van der Waals surface area contributed by atoms with Crippen molar-refractivity contribution in [2.75, 3.05) is 20.2 Å². The zero-order valence-corrected chi connectivity index (χ0v) is 7.30. The zero-order chi connectivity index (χ0) is 8.27. The number of nitrogens with zero attached hydrogens (tertiary/aromatic N) is 1. The second-order valence-electron chi connectivity index (χ2n) is 2.69. The van der Waals surface area contributed by atoms with E-state index in [1.165, 1.54) is 0 Å². The second-order valence-corrected chi connectivity index (χ2v) is 3.06. The highest BCUT2D eigenvalue weighted by Crippen LogP contribution is 2.18. The lowest BCUT2D eigenvalue weighted by atomic mass is 10.00. The molecule has 1 aliphatic heterocycles. The number of carbonyl (C=O) groups is 1. The maximum absolute atomic E-state index is 10.7. The van der Waals surface area contributed by atoms with Crippen molar-refractivity contribution < 1.29 is 9.63 Å². The first kappa shape index (κ1) is 11.9. The zero-order valence-electron chi connectivity index (χ0n) is 6.55. The number of hydrogen-bond donors (Lipinski definition) is 0. The molecule has 72 valence electrons. The van der Waals surface area contributed by atoms with Crippen molar-refractivity contribution in [2.45, 2.75) is 20.3 Å². The largest absolute Gasteiger partial charge is 0.302 e. The van der Waals surface area contributed by atoms with Gasteiger partial charge in [0.1, 0.15) is 0 Å². The Balaban J connectivity index is 0.00000121. The van der Waals surface area contributed by atoms with Crippen LogP contribution >= 0.6 is 11.6 Å². The van der Waals surface area contributed by atoms with Crippen LogP contribution in [0.4, 0.5) is 0 Å². The van der Waals surface area contributed by atoms with E-state index in [0.29, 0.717) is 0 Å². The number of hydrogen-bond acceptors (Lipinski definition) is 3. The lowest BCUT2D eigenvalue weighted by molar-refractivity contribution is -0.151. The van der Waals surface area contributed by atoms with Crippen LogP contribution in [0.25, 0.3) is 0 Å². The molecule has 1 fully saturated rings. The number of rotatable bonds is 2. The van der Waals surface area contributed by atoms with E-state index in [4.69, 9.17) is 16.4 Å². The quantitative estimate of drug-likeness (QED) is 0.625. The first-order valence-corrected chi connectivity index (χ1v) is 4.10. The minimum atomic E-state index is -0.208. The Morgan fingerprint density at radius 3 is 2.33 bits per heavy atom. The molecule has 0 saturated carbocycles. The van der Waals surface area contributed by atoms with Gasteiger partial charge in [-0.25, -0.2) is 0 Å². The molecule has 0 spiro atoms. The number of hydroxylamine groups is 2. The molecule has 0 N–H and O–H groups in total. The summed E-state index contributed by atoms with van der Waals surface area (Å²) in [4.78, 5) is 15.7. The van der Waals surface area contributed by atoms with Gasteiger partial charge >= 0.3 is 0 Å². The average molecular weight is 194 g/mol. The molecule has 1 rings (SSSR count). The van der Waals surface area contributed by atoms with Crippen LogP contribution in [0.15, 0.2) is 0 Å². The topological polar surface area (TPSA) is 29.5 Å². The van der Waals surface area contributed by atoms with Gasteiger partial charge in [-0.15, -0.1) is 0 Å². The molecule has 1 saturated heterocycles. The fourth-order valence-corrected chi connectivity index (χ4v) is 1.48. The van der Waals surface area contributed by atoms with E-state index >= 15 is 0 Å². The van der Waals surface area contributed by atoms with Crippen LogP contribution in [-0.2, 0) is 9.63 Å². The molecule has 3 nitrogen and oxygen atoms in total. The van der Waals surface area contributed by atoms with Gasteiger partial charge < -0.3 is 4.84 Å². The number of halogens is 1. The van der Waals surface area contributed by atoms with Crippen LogP contribution in [-0.4, -0.2) is 30.5 Å². The maximum atomic E-state index is 10.7. The van der Waals surface area contributed by atoms with E-state index in [1.54, 1.807) is 7.11 Å². The van der Waals surface area contributed by atoms with Crippen LogP contribution < -0.4 is 0 Å². The third kappa shape index (κ3) is 3.09. The highest BCUT2D eigenvalue weighted by atomic mass is 35.5. The Labute approximate surface area is 78.6 Å². The summed E-state index contributed by atoms with van der Waals surface area (Å²) in [7, 11) is 1.64. The van der Waals surface area contributed by atoms with Crippen molar-refractivity contribution in [3.63, 3.8) is 0 Å². The van der Waals surface area contributed by atoms with Crippen LogP contribution in [0.1, 0.15) is 20.3 Å². The summed E-state index contributed by atoms with van der Waals surface area (Å²) >= 11 is 5.35. The molecule has 0 aromatic rings. The summed E-state index contributed by atoms with van der Waals surface area (Å²) in [6.07, 6.45) is 1.63. The molecule has 0 aromatic heterocycles. The van der Waals surface area contributed by atoms with Gasteiger partial charge in [0, 0.05) is 19.0 Å². The van der Waals surface area contributed by atoms with Gasteiger partial charge in [0.25, 0.3) is 0 Å². The maximum Gasteiger partial charge on any atom is 0.224 e. The normalized spacial score (nSPS) is 20.2. The number of piperidine rings is 1. The summed E-state index contributed by atoms with van der Waals surface area (Å²) in [5.74, 6) is 0.0445. The summed E-state index contributed by atoms with van der Waals surface area (Å²) in [5, 5.41) is 1.64. The molecule has 0 radical (unpaired) electrons. The lowest BCUT2D eigenvalue weighted by Crippen LogP contribution is -2.34. The molecule has 0 aromatic carbocycles. The first-order valence-electron chi connectivity index (χ1n) is 3.72. The van der Waals surface area contributed by atoms with Crippen molar-refractivity contribution in [3.8, 4) is 0 Å².